The average Bonchev–Trinajstić information content (AvgIpc) is 2.70. The summed E-state index contributed by atoms with van der Waals surface area (Å²) in [6, 6.07) is 1.88. The number of halogens is 1. The fourth-order valence-electron chi connectivity index (χ4n) is 2.04. The van der Waals surface area contributed by atoms with Crippen LogP contribution in [0.1, 0.15) is 57.6 Å². The van der Waals surface area contributed by atoms with Crippen molar-refractivity contribution in [1.82, 2.24) is 0 Å². The largest absolute Gasteiger partial charge is 0.453 e. The summed E-state index contributed by atoms with van der Waals surface area (Å²) in [4.78, 5) is 0. The first-order valence-electron chi connectivity index (χ1n) is 6.17. The molecule has 3 heteroatoms. The van der Waals surface area contributed by atoms with E-state index in [9.17, 15) is 0 Å². The highest BCUT2D eigenvalue weighted by atomic mass is 35.5. The van der Waals surface area contributed by atoms with Gasteiger partial charge < -0.3 is 10.2 Å². The number of nitrogens with two attached hydrogens (primary N) is 1. The molecule has 1 rings (SSSR count). The number of furan rings is 1. The van der Waals surface area contributed by atoms with Crippen molar-refractivity contribution in [2.24, 2.45) is 11.7 Å². The number of hydrogen-bond acceptors (Lipinski definition) is 2. The molecular weight excluding hydrogens is 222 g/mol. The van der Waals surface area contributed by atoms with Crippen LogP contribution < -0.4 is 5.73 Å². The maximum atomic E-state index is 6.14. The highest BCUT2D eigenvalue weighted by Gasteiger charge is 2.17. The van der Waals surface area contributed by atoms with Crippen LogP contribution in [0.25, 0.3) is 0 Å². The lowest BCUT2D eigenvalue weighted by atomic mass is 9.90. The second-order valence-electron chi connectivity index (χ2n) is 4.41. The number of unbranched alkanes of at least 4 members (excludes halogenated alkanes) is 1. The zero-order valence-corrected chi connectivity index (χ0v) is 11.0. The third-order valence-corrected chi connectivity index (χ3v) is 3.48. The molecule has 2 N–H and O–H groups in total. The summed E-state index contributed by atoms with van der Waals surface area (Å²) in [6.07, 6.45) is 7.57. The Bertz CT molecular complexity index is 298. The Morgan fingerprint density at radius 1 is 1.44 bits per heavy atom. The second kappa shape index (κ2) is 6.97. The van der Waals surface area contributed by atoms with Gasteiger partial charge in [-0.15, -0.1) is 0 Å². The second-order valence-corrected chi connectivity index (χ2v) is 4.75. The van der Waals surface area contributed by atoms with Gasteiger partial charge in [0, 0.05) is 11.6 Å². The summed E-state index contributed by atoms with van der Waals surface area (Å²) < 4.78 is 5.07. The minimum atomic E-state index is 0.00746. The Morgan fingerprint density at radius 2 is 2.19 bits per heavy atom. The van der Waals surface area contributed by atoms with Crippen molar-refractivity contribution in [3.8, 4) is 0 Å². The zero-order valence-electron chi connectivity index (χ0n) is 10.2. The van der Waals surface area contributed by atoms with Crippen molar-refractivity contribution in [3.05, 3.63) is 23.1 Å². The fourth-order valence-corrected chi connectivity index (χ4v) is 2.29. The quantitative estimate of drug-likeness (QED) is 0.764. The summed E-state index contributed by atoms with van der Waals surface area (Å²) in [5.74, 6) is 0.695. The Labute approximate surface area is 103 Å². The van der Waals surface area contributed by atoms with Gasteiger partial charge in [-0.1, -0.05) is 39.5 Å². The van der Waals surface area contributed by atoms with E-state index in [0.29, 0.717) is 11.1 Å². The van der Waals surface area contributed by atoms with Gasteiger partial charge >= 0.3 is 0 Å². The van der Waals surface area contributed by atoms with Crippen LogP contribution in [0.3, 0.4) is 0 Å². The highest BCUT2D eigenvalue weighted by Crippen LogP contribution is 2.29. The van der Waals surface area contributed by atoms with E-state index in [0.717, 1.165) is 12.0 Å². The molecule has 92 valence electrons. The van der Waals surface area contributed by atoms with Crippen LogP contribution in [0.5, 0.6) is 0 Å². The zero-order chi connectivity index (χ0) is 12.0. The van der Waals surface area contributed by atoms with Gasteiger partial charge in [-0.3, -0.25) is 0 Å². The first-order chi connectivity index (χ1) is 7.69. The van der Waals surface area contributed by atoms with Crippen molar-refractivity contribution in [1.29, 1.82) is 0 Å². The molecule has 1 aromatic rings. The van der Waals surface area contributed by atoms with Gasteiger partial charge in [-0.05, 0) is 30.0 Å². The lowest BCUT2D eigenvalue weighted by Crippen LogP contribution is -2.15. The predicted octanol–water partition coefficient (Wildman–Crippen LogP) is 4.54. The van der Waals surface area contributed by atoms with Crippen LogP contribution in [-0.2, 0) is 0 Å². The molecular formula is C13H22ClNO. The molecule has 0 radical (unpaired) electrons. The molecule has 0 aromatic carbocycles. The smallest absolute Gasteiger partial charge is 0.197 e. The standard InChI is InChI=1S/C13H22ClNO/c1-3-5-6-10(4-2)9-12(15)11-7-8-16-13(11)14/h7-8,10,12H,3-6,9,15H2,1-2H3. The van der Waals surface area contributed by atoms with E-state index in [1.807, 2.05) is 6.07 Å². The van der Waals surface area contributed by atoms with E-state index in [1.54, 1.807) is 6.26 Å². The predicted molar refractivity (Wildman–Crippen MR) is 68.6 cm³/mol. The molecule has 2 nitrogen and oxygen atoms in total. The van der Waals surface area contributed by atoms with Crippen LogP contribution in [0.4, 0.5) is 0 Å². The topological polar surface area (TPSA) is 39.2 Å². The minimum absolute atomic E-state index is 0.00746. The maximum Gasteiger partial charge on any atom is 0.197 e. The molecule has 0 aliphatic heterocycles. The summed E-state index contributed by atoms with van der Waals surface area (Å²) in [6.45, 7) is 4.45. The monoisotopic (exact) mass is 243 g/mol. The lowest BCUT2D eigenvalue weighted by molar-refractivity contribution is 0.387. The first kappa shape index (κ1) is 13.6. The highest BCUT2D eigenvalue weighted by molar-refractivity contribution is 6.29. The minimum Gasteiger partial charge on any atom is -0.453 e. The van der Waals surface area contributed by atoms with E-state index in [4.69, 9.17) is 21.8 Å². The SMILES string of the molecule is CCCCC(CC)CC(N)c1ccoc1Cl. The van der Waals surface area contributed by atoms with Crippen molar-refractivity contribution >= 4 is 11.6 Å². The fraction of sp³-hybridized carbons (Fsp3) is 0.692. The molecule has 0 aliphatic carbocycles. The third-order valence-electron chi connectivity index (χ3n) is 3.18. The molecule has 16 heavy (non-hydrogen) atoms. The third kappa shape index (κ3) is 3.84. The van der Waals surface area contributed by atoms with E-state index >= 15 is 0 Å². The molecule has 0 saturated carbocycles. The summed E-state index contributed by atoms with van der Waals surface area (Å²) in [7, 11) is 0. The maximum absolute atomic E-state index is 6.14. The van der Waals surface area contributed by atoms with E-state index < -0.39 is 0 Å². The van der Waals surface area contributed by atoms with E-state index in [2.05, 4.69) is 13.8 Å². The molecule has 0 bridgehead atoms. The van der Waals surface area contributed by atoms with Crippen LogP contribution in [0, 0.1) is 5.92 Å². The number of hydrogen-bond donors (Lipinski definition) is 1. The van der Waals surface area contributed by atoms with Crippen molar-refractivity contribution in [2.45, 2.75) is 52.0 Å². The summed E-state index contributed by atoms with van der Waals surface area (Å²) >= 11 is 5.92. The van der Waals surface area contributed by atoms with Crippen LogP contribution >= 0.6 is 11.6 Å². The van der Waals surface area contributed by atoms with Crippen LogP contribution in [0.2, 0.25) is 5.22 Å². The van der Waals surface area contributed by atoms with Gasteiger partial charge in [0.2, 0.25) is 0 Å². The molecule has 0 saturated heterocycles. The average molecular weight is 244 g/mol. The first-order valence-corrected chi connectivity index (χ1v) is 6.55. The van der Waals surface area contributed by atoms with Crippen molar-refractivity contribution in [2.75, 3.05) is 0 Å². The van der Waals surface area contributed by atoms with Crippen molar-refractivity contribution < 1.29 is 4.42 Å². The molecule has 0 aliphatic rings. The van der Waals surface area contributed by atoms with Gasteiger partial charge in [-0.25, -0.2) is 0 Å². The molecule has 0 fully saturated rings. The summed E-state index contributed by atoms with van der Waals surface area (Å²) in [5, 5.41) is 0.442. The van der Waals surface area contributed by atoms with Crippen molar-refractivity contribution in [3.63, 3.8) is 0 Å². The lowest BCUT2D eigenvalue weighted by Gasteiger charge is -2.18. The Morgan fingerprint density at radius 3 is 2.69 bits per heavy atom. The molecule has 1 aromatic heterocycles. The normalized spacial score (nSPS) is 15.0. The molecule has 2 unspecified atom stereocenters. The molecule has 1 heterocycles. The Kier molecular flexibility index (Phi) is 5.93. The van der Waals surface area contributed by atoms with Gasteiger partial charge in [0.05, 0.1) is 6.26 Å². The Balaban J connectivity index is 2.48. The van der Waals surface area contributed by atoms with Gasteiger partial charge in [0.15, 0.2) is 5.22 Å². The summed E-state index contributed by atoms with van der Waals surface area (Å²) in [5.41, 5.74) is 7.09. The molecule has 0 spiro atoms. The van der Waals surface area contributed by atoms with E-state index in [-0.39, 0.29) is 6.04 Å². The van der Waals surface area contributed by atoms with Gasteiger partial charge in [-0.2, -0.15) is 0 Å². The molecule has 0 amide bonds. The van der Waals surface area contributed by atoms with Crippen LogP contribution in [-0.4, -0.2) is 0 Å². The Hall–Kier alpha value is -0.470. The van der Waals surface area contributed by atoms with Crippen LogP contribution in [0.15, 0.2) is 16.7 Å². The van der Waals surface area contributed by atoms with Gasteiger partial charge in [0.25, 0.3) is 0 Å². The number of rotatable bonds is 7. The molecule has 2 atom stereocenters. The van der Waals surface area contributed by atoms with E-state index in [1.165, 1.54) is 25.7 Å². The van der Waals surface area contributed by atoms with Gasteiger partial charge in [0.1, 0.15) is 0 Å².